The molecule has 2 rings (SSSR count). The normalized spacial score (nSPS) is 12.2. The Morgan fingerprint density at radius 3 is 2.16 bits per heavy atom. The lowest BCUT2D eigenvalue weighted by Gasteiger charge is -2.25. The van der Waals surface area contributed by atoms with Crippen LogP contribution in [0.15, 0.2) is 42.5 Å². The van der Waals surface area contributed by atoms with Gasteiger partial charge in [-0.15, -0.1) is 0 Å². The Morgan fingerprint density at radius 2 is 1.60 bits per heavy atom. The smallest absolute Gasteiger partial charge is 0.390 e. The van der Waals surface area contributed by atoms with Crippen molar-refractivity contribution < 1.29 is 30.4 Å². The van der Waals surface area contributed by atoms with Crippen molar-refractivity contribution in [2.24, 2.45) is 0 Å². The van der Waals surface area contributed by atoms with E-state index in [2.05, 4.69) is 0 Å². The molecule has 2 aromatic carbocycles. The van der Waals surface area contributed by atoms with Crippen LogP contribution in [0.5, 0.6) is 0 Å². The van der Waals surface area contributed by atoms with Gasteiger partial charge >= 0.3 is 6.18 Å². The Morgan fingerprint density at radius 1 is 1.00 bits per heavy atom. The molecule has 0 amide bonds. The van der Waals surface area contributed by atoms with E-state index in [9.17, 15) is 30.4 Å². The summed E-state index contributed by atoms with van der Waals surface area (Å²) in [5.41, 5.74) is 3.54. The first-order chi connectivity index (χ1) is 11.5. The molecule has 0 heterocycles. The van der Waals surface area contributed by atoms with Gasteiger partial charge in [-0.25, -0.2) is 21.5 Å². The van der Waals surface area contributed by atoms with Crippen LogP contribution in [-0.2, 0) is 10.0 Å². The highest BCUT2D eigenvalue weighted by Crippen LogP contribution is 2.35. The molecule has 0 aliphatic rings. The van der Waals surface area contributed by atoms with Crippen LogP contribution in [0.1, 0.15) is 6.42 Å². The van der Waals surface area contributed by atoms with Crippen LogP contribution >= 0.6 is 0 Å². The van der Waals surface area contributed by atoms with Gasteiger partial charge in [-0.05, 0) is 24.3 Å². The molecular formula is C15H13F5N2O2S. The number of halogens is 5. The molecule has 0 saturated heterocycles. The molecule has 136 valence electrons. The monoisotopic (exact) mass is 380 g/mol. The minimum Gasteiger partial charge on any atom is -0.394 e. The van der Waals surface area contributed by atoms with Crippen molar-refractivity contribution in [3.05, 3.63) is 54.1 Å². The first-order valence-corrected chi connectivity index (χ1v) is 8.52. The van der Waals surface area contributed by atoms with Gasteiger partial charge in [0.05, 0.1) is 23.5 Å². The van der Waals surface area contributed by atoms with Crippen molar-refractivity contribution in [3.63, 3.8) is 0 Å². The minimum absolute atomic E-state index is 0.102. The van der Waals surface area contributed by atoms with Crippen molar-refractivity contribution in [2.75, 3.05) is 15.8 Å². The second-order valence-electron chi connectivity index (χ2n) is 5.08. The second kappa shape index (κ2) is 6.87. The van der Waals surface area contributed by atoms with E-state index in [1.165, 1.54) is 24.3 Å². The van der Waals surface area contributed by atoms with E-state index in [0.29, 0.717) is 4.31 Å². The minimum atomic E-state index is -4.71. The van der Waals surface area contributed by atoms with Gasteiger partial charge in [-0.2, -0.15) is 13.2 Å². The zero-order chi connectivity index (χ0) is 18.8. The number of nitrogen functional groups attached to an aromatic ring is 1. The molecule has 10 heteroatoms. The molecule has 2 aromatic rings. The number of nitrogens with two attached hydrogens (primary N) is 1. The Labute approximate surface area is 140 Å². The first-order valence-electron chi connectivity index (χ1n) is 6.91. The molecule has 0 radical (unpaired) electrons. The number of para-hydroxylation sites is 1. The van der Waals surface area contributed by atoms with Crippen LogP contribution in [-0.4, -0.2) is 20.3 Å². The fourth-order valence-electron chi connectivity index (χ4n) is 2.06. The SMILES string of the molecule is Nc1c(F)ccc(N(c2ccccc2)S(=O)(=O)CCC(F)(F)F)c1F. The van der Waals surface area contributed by atoms with E-state index in [1.54, 1.807) is 6.07 Å². The van der Waals surface area contributed by atoms with Crippen LogP contribution in [0.4, 0.5) is 39.0 Å². The van der Waals surface area contributed by atoms with Crippen LogP contribution in [0.2, 0.25) is 0 Å². The summed E-state index contributed by atoms with van der Waals surface area (Å²) in [6, 6.07) is 8.47. The predicted octanol–water partition coefficient (Wildman–Crippen LogP) is 3.97. The third-order valence-corrected chi connectivity index (χ3v) is 4.92. The van der Waals surface area contributed by atoms with E-state index in [1.807, 2.05) is 0 Å². The van der Waals surface area contributed by atoms with E-state index < -0.39 is 51.4 Å². The molecule has 4 nitrogen and oxygen atoms in total. The van der Waals surface area contributed by atoms with Gasteiger partial charge in [0, 0.05) is 0 Å². The number of hydrogen-bond donors (Lipinski definition) is 1. The molecule has 0 saturated carbocycles. The highest BCUT2D eigenvalue weighted by Gasteiger charge is 2.34. The standard InChI is InChI=1S/C15H13F5N2O2S/c16-11-6-7-12(13(17)14(11)21)22(10-4-2-1-3-5-10)25(23,24)9-8-15(18,19)20/h1-7H,8-9,21H2. The maximum Gasteiger partial charge on any atom is 0.390 e. The third-order valence-electron chi connectivity index (χ3n) is 3.24. The van der Waals surface area contributed by atoms with Crippen molar-refractivity contribution >= 4 is 27.1 Å². The fraction of sp³-hybridized carbons (Fsp3) is 0.200. The summed E-state index contributed by atoms with van der Waals surface area (Å²) < 4.78 is 90.2. The van der Waals surface area contributed by atoms with Crippen molar-refractivity contribution in [1.82, 2.24) is 0 Å². The molecule has 0 aromatic heterocycles. The Balaban J connectivity index is 2.58. The number of rotatable bonds is 5. The molecule has 0 spiro atoms. The lowest BCUT2D eigenvalue weighted by atomic mass is 10.2. The van der Waals surface area contributed by atoms with E-state index in [4.69, 9.17) is 5.73 Å². The molecular weight excluding hydrogens is 367 g/mol. The van der Waals surface area contributed by atoms with Gasteiger partial charge in [0.25, 0.3) is 0 Å². The summed E-state index contributed by atoms with van der Waals surface area (Å²) in [7, 11) is -4.62. The van der Waals surface area contributed by atoms with E-state index >= 15 is 0 Å². The number of hydrogen-bond acceptors (Lipinski definition) is 3. The molecule has 0 aliphatic heterocycles. The van der Waals surface area contributed by atoms with Crippen molar-refractivity contribution in [3.8, 4) is 0 Å². The summed E-state index contributed by atoms with van der Waals surface area (Å²) in [5.74, 6) is -3.79. The van der Waals surface area contributed by atoms with Gasteiger partial charge < -0.3 is 5.73 Å². The highest BCUT2D eigenvalue weighted by molar-refractivity contribution is 7.93. The van der Waals surface area contributed by atoms with Gasteiger partial charge in [-0.3, -0.25) is 0 Å². The Kier molecular flexibility index (Phi) is 5.21. The maximum absolute atomic E-state index is 14.3. The molecule has 0 fully saturated rings. The number of benzene rings is 2. The van der Waals surface area contributed by atoms with Gasteiger partial charge in [0.1, 0.15) is 11.5 Å². The lowest BCUT2D eigenvalue weighted by Crippen LogP contribution is -2.31. The molecule has 0 unspecified atom stereocenters. The molecule has 0 bridgehead atoms. The number of nitrogens with zero attached hydrogens (tertiary/aromatic N) is 1. The van der Waals surface area contributed by atoms with Crippen LogP contribution in [0.3, 0.4) is 0 Å². The zero-order valence-electron chi connectivity index (χ0n) is 12.6. The van der Waals surface area contributed by atoms with Crippen LogP contribution in [0, 0.1) is 11.6 Å². The van der Waals surface area contributed by atoms with E-state index in [-0.39, 0.29) is 5.69 Å². The lowest BCUT2D eigenvalue weighted by molar-refractivity contribution is -0.129. The zero-order valence-corrected chi connectivity index (χ0v) is 13.4. The second-order valence-corrected chi connectivity index (χ2v) is 7.01. The van der Waals surface area contributed by atoms with Crippen LogP contribution in [0.25, 0.3) is 0 Å². The predicted molar refractivity (Wildman–Crippen MR) is 83.8 cm³/mol. The van der Waals surface area contributed by atoms with E-state index in [0.717, 1.165) is 12.1 Å². The third kappa shape index (κ3) is 4.38. The maximum atomic E-state index is 14.3. The molecule has 2 N–H and O–H groups in total. The quantitative estimate of drug-likeness (QED) is 0.631. The average Bonchev–Trinajstić information content (AvgIpc) is 2.54. The average molecular weight is 380 g/mol. The summed E-state index contributed by atoms with van der Waals surface area (Å²) in [5, 5.41) is 0. The summed E-state index contributed by atoms with van der Waals surface area (Å²) in [6.45, 7) is 0. The first kappa shape index (κ1) is 19.0. The number of alkyl halides is 3. The van der Waals surface area contributed by atoms with Gasteiger partial charge in [-0.1, -0.05) is 18.2 Å². The number of sulfonamides is 1. The highest BCUT2D eigenvalue weighted by atomic mass is 32.2. The summed E-state index contributed by atoms with van der Waals surface area (Å²) in [6.07, 6.45) is -6.33. The topological polar surface area (TPSA) is 63.4 Å². The van der Waals surface area contributed by atoms with Crippen LogP contribution < -0.4 is 10.0 Å². The summed E-state index contributed by atoms with van der Waals surface area (Å²) >= 11 is 0. The van der Waals surface area contributed by atoms with Gasteiger partial charge in [0.15, 0.2) is 5.82 Å². The van der Waals surface area contributed by atoms with Crippen molar-refractivity contribution in [2.45, 2.75) is 12.6 Å². The summed E-state index contributed by atoms with van der Waals surface area (Å²) in [4.78, 5) is 0. The molecule has 0 aliphatic carbocycles. The molecule has 25 heavy (non-hydrogen) atoms. The Hall–Kier alpha value is -2.36. The van der Waals surface area contributed by atoms with Gasteiger partial charge in [0.2, 0.25) is 10.0 Å². The Bertz CT molecular complexity index is 854. The largest absolute Gasteiger partial charge is 0.394 e. The molecule has 0 atom stereocenters. The van der Waals surface area contributed by atoms with Crippen molar-refractivity contribution in [1.29, 1.82) is 0 Å². The number of anilines is 3. The fourth-order valence-corrected chi connectivity index (χ4v) is 3.62.